The van der Waals surface area contributed by atoms with Gasteiger partial charge in [0.1, 0.15) is 6.61 Å². The van der Waals surface area contributed by atoms with E-state index in [-0.39, 0.29) is 18.6 Å². The molecule has 1 unspecified atom stereocenters. The number of hydrogen-bond acceptors (Lipinski definition) is 7. The molecule has 43 heavy (non-hydrogen) atoms. The number of aromatic nitrogens is 1. The first-order valence-corrected chi connectivity index (χ1v) is 15.2. The lowest BCUT2D eigenvalue weighted by Crippen LogP contribution is -2.36. The van der Waals surface area contributed by atoms with Crippen LogP contribution in [0.15, 0.2) is 85.2 Å². The van der Waals surface area contributed by atoms with E-state index in [0.717, 1.165) is 68.3 Å². The molecule has 3 N–H and O–H groups in total. The van der Waals surface area contributed by atoms with Gasteiger partial charge < -0.3 is 25.4 Å². The number of hydrogen-bond donors (Lipinski definition) is 3. The smallest absolute Gasteiger partial charge is 0.338 e. The Hall–Kier alpha value is -4.27. The molecule has 0 spiro atoms. The third-order valence-electron chi connectivity index (χ3n) is 8.35. The van der Waals surface area contributed by atoms with Gasteiger partial charge in [-0.25, -0.2) is 4.79 Å². The van der Waals surface area contributed by atoms with Gasteiger partial charge in [0.25, 0.3) is 5.91 Å². The van der Waals surface area contributed by atoms with Crippen LogP contribution in [-0.2, 0) is 16.0 Å². The molecule has 2 fully saturated rings. The first-order chi connectivity index (χ1) is 21.1. The van der Waals surface area contributed by atoms with E-state index in [1.807, 2.05) is 30.6 Å². The van der Waals surface area contributed by atoms with Crippen LogP contribution >= 0.6 is 0 Å². The molecule has 1 saturated carbocycles. The molecule has 1 saturated heterocycles. The molecule has 0 radical (unpaired) electrons. The summed E-state index contributed by atoms with van der Waals surface area (Å²) in [5, 5.41) is 12.8. The number of benzene rings is 3. The van der Waals surface area contributed by atoms with Gasteiger partial charge in [0, 0.05) is 65.3 Å². The lowest BCUT2D eigenvalue weighted by Gasteiger charge is -2.30. The molecule has 2 aliphatic rings. The standard InChI is InChI=1S/C35H38N4O4/c40-34(25-9-11-26(12-10-25)35(41)43-23-31-7-3-19-42-31)39-30-6-1-4-24(20-30)21-37-28-13-15-29(16-14-28)38-33-8-2-5-27-22-36-18-17-32(27)33/h1-2,4-6,8-12,17-18,20,22,28-29,31,37-38H,3,7,13-16,19,21,23H2,(H,39,40). The summed E-state index contributed by atoms with van der Waals surface area (Å²) in [5.74, 6) is -0.632. The van der Waals surface area contributed by atoms with E-state index in [2.05, 4.69) is 51.3 Å². The van der Waals surface area contributed by atoms with Crippen molar-refractivity contribution < 1.29 is 19.1 Å². The molecule has 222 valence electrons. The van der Waals surface area contributed by atoms with Gasteiger partial charge in [0.2, 0.25) is 0 Å². The summed E-state index contributed by atoms with van der Waals surface area (Å²) in [7, 11) is 0. The van der Waals surface area contributed by atoms with Crippen LogP contribution in [0.2, 0.25) is 0 Å². The quantitative estimate of drug-likeness (QED) is 0.189. The molecule has 1 aromatic heterocycles. The summed E-state index contributed by atoms with van der Waals surface area (Å²) in [6.07, 6.45) is 10.1. The maximum Gasteiger partial charge on any atom is 0.338 e. The minimum atomic E-state index is -0.407. The molecule has 4 aromatic rings. The molecular weight excluding hydrogens is 540 g/mol. The number of nitrogens with one attached hydrogen (secondary N) is 3. The fourth-order valence-corrected chi connectivity index (χ4v) is 5.92. The number of nitrogens with zero attached hydrogens (tertiary/aromatic N) is 1. The van der Waals surface area contributed by atoms with Gasteiger partial charge in [-0.15, -0.1) is 0 Å². The highest BCUT2D eigenvalue weighted by atomic mass is 16.6. The lowest BCUT2D eigenvalue weighted by molar-refractivity contribution is 0.0161. The Kier molecular flexibility index (Phi) is 9.25. The maximum atomic E-state index is 12.9. The number of esters is 1. The summed E-state index contributed by atoms with van der Waals surface area (Å²) in [5.41, 5.74) is 3.93. The first-order valence-electron chi connectivity index (χ1n) is 15.2. The number of carbonyl (C=O) groups is 2. The Morgan fingerprint density at radius 1 is 0.884 bits per heavy atom. The number of ether oxygens (including phenoxy) is 2. The Morgan fingerprint density at radius 2 is 1.67 bits per heavy atom. The van der Waals surface area contributed by atoms with Crippen molar-refractivity contribution in [3.8, 4) is 0 Å². The van der Waals surface area contributed by atoms with Crippen LogP contribution in [0.25, 0.3) is 10.8 Å². The molecule has 8 heteroatoms. The van der Waals surface area contributed by atoms with Crippen LogP contribution in [-0.4, -0.2) is 48.3 Å². The van der Waals surface area contributed by atoms with Crippen molar-refractivity contribution in [1.82, 2.24) is 10.3 Å². The zero-order valence-electron chi connectivity index (χ0n) is 24.3. The summed E-state index contributed by atoms with van der Waals surface area (Å²) in [4.78, 5) is 29.4. The zero-order chi connectivity index (χ0) is 29.4. The van der Waals surface area contributed by atoms with Gasteiger partial charge in [0.15, 0.2) is 0 Å². The second-order valence-electron chi connectivity index (χ2n) is 11.4. The van der Waals surface area contributed by atoms with E-state index in [0.29, 0.717) is 23.2 Å². The lowest BCUT2D eigenvalue weighted by atomic mass is 9.90. The Morgan fingerprint density at radius 3 is 2.49 bits per heavy atom. The monoisotopic (exact) mass is 578 g/mol. The molecule has 3 aromatic carbocycles. The number of anilines is 2. The summed E-state index contributed by atoms with van der Waals surface area (Å²) < 4.78 is 10.9. The van der Waals surface area contributed by atoms with Crippen molar-refractivity contribution in [3.63, 3.8) is 0 Å². The average molecular weight is 579 g/mol. The minimum absolute atomic E-state index is 0.0168. The molecule has 1 amide bonds. The van der Waals surface area contributed by atoms with Crippen molar-refractivity contribution in [2.75, 3.05) is 23.8 Å². The highest BCUT2D eigenvalue weighted by Gasteiger charge is 2.22. The van der Waals surface area contributed by atoms with Crippen molar-refractivity contribution in [1.29, 1.82) is 0 Å². The average Bonchev–Trinajstić information content (AvgIpc) is 3.58. The number of carbonyl (C=O) groups excluding carboxylic acids is 2. The third kappa shape index (κ3) is 7.58. The fraction of sp³-hybridized carbons (Fsp3) is 0.343. The largest absolute Gasteiger partial charge is 0.459 e. The van der Waals surface area contributed by atoms with Crippen molar-refractivity contribution in [2.45, 2.75) is 63.3 Å². The molecular formula is C35H38N4O4. The van der Waals surface area contributed by atoms with Gasteiger partial charge in [-0.3, -0.25) is 9.78 Å². The SMILES string of the molecule is O=C(Nc1cccc(CNC2CCC(Nc3cccc4cnccc34)CC2)c1)c1ccc(C(=O)OCC2CCCO2)cc1. The maximum absolute atomic E-state index is 12.9. The number of rotatable bonds is 10. The second-order valence-corrected chi connectivity index (χ2v) is 11.4. The topological polar surface area (TPSA) is 102 Å². The van der Waals surface area contributed by atoms with E-state index < -0.39 is 5.97 Å². The Labute approximate surface area is 252 Å². The number of fused-ring (bicyclic) bond motifs is 1. The fourth-order valence-electron chi connectivity index (χ4n) is 5.92. The Bertz CT molecular complexity index is 1540. The van der Waals surface area contributed by atoms with Crippen LogP contribution in [0.5, 0.6) is 0 Å². The van der Waals surface area contributed by atoms with Gasteiger partial charge >= 0.3 is 5.97 Å². The molecule has 2 heterocycles. The molecule has 8 nitrogen and oxygen atoms in total. The second kappa shape index (κ2) is 13.8. The van der Waals surface area contributed by atoms with Gasteiger partial charge in [-0.05, 0) is 92.6 Å². The van der Waals surface area contributed by atoms with Crippen LogP contribution in [0, 0.1) is 0 Å². The van der Waals surface area contributed by atoms with Crippen LogP contribution < -0.4 is 16.0 Å². The zero-order valence-corrected chi connectivity index (χ0v) is 24.3. The Balaban J connectivity index is 0.952. The van der Waals surface area contributed by atoms with E-state index in [1.165, 1.54) is 11.1 Å². The van der Waals surface area contributed by atoms with Crippen molar-refractivity contribution >= 4 is 34.0 Å². The van der Waals surface area contributed by atoms with Crippen LogP contribution in [0.4, 0.5) is 11.4 Å². The predicted molar refractivity (Wildman–Crippen MR) is 168 cm³/mol. The first kappa shape index (κ1) is 28.8. The number of amides is 1. The van der Waals surface area contributed by atoms with Crippen molar-refractivity contribution in [2.24, 2.45) is 0 Å². The highest BCUT2D eigenvalue weighted by molar-refractivity contribution is 6.04. The molecule has 1 aliphatic carbocycles. The molecule has 6 rings (SSSR count). The van der Waals surface area contributed by atoms with Gasteiger partial charge in [-0.1, -0.05) is 24.3 Å². The van der Waals surface area contributed by atoms with Gasteiger partial charge in [0.05, 0.1) is 11.7 Å². The van der Waals surface area contributed by atoms with E-state index in [9.17, 15) is 9.59 Å². The number of pyridine rings is 1. The summed E-state index contributed by atoms with van der Waals surface area (Å²) in [6, 6.07) is 23.8. The normalized spacial score (nSPS) is 20.0. The highest BCUT2D eigenvalue weighted by Crippen LogP contribution is 2.27. The summed E-state index contributed by atoms with van der Waals surface area (Å²) >= 11 is 0. The van der Waals surface area contributed by atoms with Crippen LogP contribution in [0.3, 0.4) is 0 Å². The van der Waals surface area contributed by atoms with Gasteiger partial charge in [-0.2, -0.15) is 0 Å². The van der Waals surface area contributed by atoms with Crippen LogP contribution in [0.1, 0.15) is 64.8 Å². The minimum Gasteiger partial charge on any atom is -0.459 e. The van der Waals surface area contributed by atoms with E-state index in [1.54, 1.807) is 24.3 Å². The summed E-state index contributed by atoms with van der Waals surface area (Å²) in [6.45, 7) is 1.72. The van der Waals surface area contributed by atoms with E-state index >= 15 is 0 Å². The third-order valence-corrected chi connectivity index (χ3v) is 8.35. The molecule has 0 bridgehead atoms. The molecule has 1 atom stereocenters. The predicted octanol–water partition coefficient (Wildman–Crippen LogP) is 6.34. The van der Waals surface area contributed by atoms with E-state index in [4.69, 9.17) is 9.47 Å². The van der Waals surface area contributed by atoms with Crippen molar-refractivity contribution in [3.05, 3.63) is 102 Å². The molecule has 1 aliphatic heterocycles.